The van der Waals surface area contributed by atoms with Crippen molar-refractivity contribution in [1.29, 1.82) is 0 Å². The van der Waals surface area contributed by atoms with E-state index in [0.717, 1.165) is 0 Å². The Bertz CT molecular complexity index is 1840. The number of carbonyl (C=O) groups excluding carboxylic acids is 1. The molecule has 240 valence electrons. The number of hydrogen-bond donors (Lipinski definition) is 0. The molecule has 1 heterocycles. The van der Waals surface area contributed by atoms with Gasteiger partial charge in [0, 0.05) is 24.2 Å². The molecule has 1 nitrogen and oxygen atoms in total. The smallest absolute Gasteiger partial charge is 0.134 e. The molecule has 0 bridgehead atoms. The summed E-state index contributed by atoms with van der Waals surface area (Å²) in [7, 11) is -0.903. The Morgan fingerprint density at radius 1 is 0.468 bits per heavy atom. The lowest BCUT2D eigenvalue weighted by atomic mass is 9.85. The minimum Gasteiger partial charge on any atom is -0.300 e. The molecule has 1 aliphatic rings. The van der Waals surface area contributed by atoms with Crippen molar-refractivity contribution >= 4 is 19.0 Å². The highest BCUT2D eigenvalue weighted by molar-refractivity contribution is 7.67. The molecule has 0 N–H and O–H groups in total. The van der Waals surface area contributed by atoms with Gasteiger partial charge in [0.05, 0.1) is 0 Å². The highest BCUT2D eigenvalue weighted by Gasteiger charge is 2.43. The van der Waals surface area contributed by atoms with Gasteiger partial charge in [-0.3, -0.25) is 4.79 Å². The molecule has 6 rings (SSSR count). The van der Waals surface area contributed by atoms with Crippen LogP contribution in [0.3, 0.4) is 0 Å². The lowest BCUT2D eigenvalue weighted by Gasteiger charge is -2.42. The van der Waals surface area contributed by atoms with Crippen LogP contribution in [0, 0.1) is 69.2 Å². The second-order valence-corrected chi connectivity index (χ2v) is 16.6. The van der Waals surface area contributed by atoms with E-state index in [1.807, 2.05) is 0 Å². The normalized spacial score (nSPS) is 18.1. The first kappa shape index (κ1) is 33.1. The van der Waals surface area contributed by atoms with Crippen LogP contribution >= 0.6 is 7.92 Å². The molecule has 0 radical (unpaired) electrons. The standard InChI is InChI=1S/C45H49OP/c1-26-16-11-13-18-37(26)41-24-36(46)25-42(38-19-14-12-17-27(38)2)47(41)45-39(43-32(7)28(3)22-29(4)33(43)8)20-15-21-40(45)44-34(9)30(5)23-31(6)35(44)10/h11-23,41-42H,24-25H2,1-10H3. The molecule has 2 heteroatoms. The maximum Gasteiger partial charge on any atom is 0.134 e. The monoisotopic (exact) mass is 636 g/mol. The molecule has 5 aromatic rings. The van der Waals surface area contributed by atoms with Crippen LogP contribution < -0.4 is 5.30 Å². The van der Waals surface area contributed by atoms with Gasteiger partial charge < -0.3 is 0 Å². The summed E-state index contributed by atoms with van der Waals surface area (Å²) in [6, 6.07) is 29.4. The Labute approximate surface area is 284 Å². The largest absolute Gasteiger partial charge is 0.300 e. The van der Waals surface area contributed by atoms with Gasteiger partial charge in [-0.15, -0.1) is 0 Å². The minimum absolute atomic E-state index is 0.120. The quantitative estimate of drug-likeness (QED) is 0.175. The number of rotatable bonds is 5. The van der Waals surface area contributed by atoms with Crippen molar-refractivity contribution in [3.05, 3.63) is 146 Å². The minimum atomic E-state index is -0.903. The van der Waals surface area contributed by atoms with Crippen molar-refractivity contribution in [2.75, 3.05) is 0 Å². The maximum atomic E-state index is 13.9. The van der Waals surface area contributed by atoms with Crippen LogP contribution in [0.1, 0.15) is 90.9 Å². The highest BCUT2D eigenvalue weighted by Crippen LogP contribution is 2.68. The molecule has 0 aliphatic carbocycles. The maximum absolute atomic E-state index is 13.9. The van der Waals surface area contributed by atoms with Crippen LogP contribution in [-0.2, 0) is 4.79 Å². The Morgan fingerprint density at radius 2 is 0.830 bits per heavy atom. The molecule has 0 saturated carbocycles. The molecule has 1 fully saturated rings. The van der Waals surface area contributed by atoms with E-state index in [0.29, 0.717) is 18.6 Å². The van der Waals surface area contributed by atoms with E-state index in [9.17, 15) is 4.79 Å². The second kappa shape index (κ2) is 13.0. The Kier molecular flexibility index (Phi) is 9.17. The summed E-state index contributed by atoms with van der Waals surface area (Å²) < 4.78 is 0. The second-order valence-electron chi connectivity index (χ2n) is 14.1. The number of Topliss-reactive ketones (excluding diaryl/α,β-unsaturated/α-hetero) is 1. The van der Waals surface area contributed by atoms with Crippen molar-refractivity contribution in [2.24, 2.45) is 0 Å². The molecule has 0 amide bonds. The number of benzene rings is 5. The molecule has 1 saturated heterocycles. The molecule has 2 unspecified atom stereocenters. The topological polar surface area (TPSA) is 17.1 Å². The van der Waals surface area contributed by atoms with Crippen molar-refractivity contribution in [1.82, 2.24) is 0 Å². The fourth-order valence-corrected chi connectivity index (χ4v) is 12.1. The van der Waals surface area contributed by atoms with Gasteiger partial charge >= 0.3 is 0 Å². The summed E-state index contributed by atoms with van der Waals surface area (Å²) in [5.41, 5.74) is 21.6. The van der Waals surface area contributed by atoms with Crippen molar-refractivity contribution in [2.45, 2.75) is 93.4 Å². The zero-order valence-electron chi connectivity index (χ0n) is 29.9. The molecular formula is C45H49OP. The van der Waals surface area contributed by atoms with Crippen molar-refractivity contribution < 1.29 is 4.79 Å². The Morgan fingerprint density at radius 3 is 1.19 bits per heavy atom. The third-order valence-corrected chi connectivity index (χ3v) is 14.4. The van der Waals surface area contributed by atoms with Gasteiger partial charge in [0.2, 0.25) is 0 Å². The van der Waals surface area contributed by atoms with E-state index in [1.165, 1.54) is 94.3 Å². The zero-order valence-corrected chi connectivity index (χ0v) is 30.8. The van der Waals surface area contributed by atoms with Crippen LogP contribution in [0.5, 0.6) is 0 Å². The molecular weight excluding hydrogens is 587 g/mol. The van der Waals surface area contributed by atoms with E-state index >= 15 is 0 Å². The van der Waals surface area contributed by atoms with Gasteiger partial charge in [0.25, 0.3) is 0 Å². The SMILES string of the molecule is Cc1ccccc1C1CC(=O)CC(c2ccccc2C)P1c1c(-c2c(C)c(C)cc(C)c2C)cccc1-c1c(C)c(C)cc(C)c1C. The van der Waals surface area contributed by atoms with E-state index in [2.05, 4.69) is 148 Å². The summed E-state index contributed by atoms with van der Waals surface area (Å²) in [5, 5.41) is 1.46. The fourth-order valence-electron chi connectivity index (χ4n) is 8.15. The average molecular weight is 637 g/mol. The van der Waals surface area contributed by atoms with Gasteiger partial charge in [-0.2, -0.15) is 0 Å². The first-order valence-corrected chi connectivity index (χ1v) is 18.6. The van der Waals surface area contributed by atoms with E-state index in [4.69, 9.17) is 0 Å². The molecule has 0 spiro atoms. The summed E-state index contributed by atoms with van der Waals surface area (Å²) in [5.74, 6) is 0.377. The van der Waals surface area contributed by atoms with Gasteiger partial charge in [-0.05, 0) is 164 Å². The first-order chi connectivity index (χ1) is 22.4. The van der Waals surface area contributed by atoms with Crippen LogP contribution in [-0.4, -0.2) is 5.78 Å². The van der Waals surface area contributed by atoms with Gasteiger partial charge in [0.1, 0.15) is 5.78 Å². The van der Waals surface area contributed by atoms with Gasteiger partial charge in [-0.25, -0.2) is 0 Å². The van der Waals surface area contributed by atoms with Gasteiger partial charge in [0.15, 0.2) is 0 Å². The third-order valence-electron chi connectivity index (χ3n) is 11.2. The highest BCUT2D eigenvalue weighted by atomic mass is 31.1. The van der Waals surface area contributed by atoms with Crippen LogP contribution in [0.25, 0.3) is 22.3 Å². The van der Waals surface area contributed by atoms with Crippen LogP contribution in [0.2, 0.25) is 0 Å². The number of carbonyl (C=O) groups is 1. The molecule has 1 aliphatic heterocycles. The van der Waals surface area contributed by atoms with E-state index < -0.39 is 7.92 Å². The summed E-state index contributed by atoms with van der Waals surface area (Å²) in [6.07, 6.45) is 1.17. The van der Waals surface area contributed by atoms with Crippen molar-refractivity contribution in [3.8, 4) is 22.3 Å². The number of ketones is 1. The third kappa shape index (κ3) is 5.83. The summed E-state index contributed by atoms with van der Waals surface area (Å²) >= 11 is 0. The Hall–Kier alpha value is -3.80. The summed E-state index contributed by atoms with van der Waals surface area (Å²) in [4.78, 5) is 13.9. The van der Waals surface area contributed by atoms with Crippen LogP contribution in [0.15, 0.2) is 78.9 Å². The Balaban J connectivity index is 1.81. The van der Waals surface area contributed by atoms with E-state index in [1.54, 1.807) is 0 Å². The van der Waals surface area contributed by atoms with E-state index in [-0.39, 0.29) is 11.3 Å². The number of aryl methyl sites for hydroxylation is 6. The predicted molar refractivity (Wildman–Crippen MR) is 204 cm³/mol. The number of hydrogen-bond acceptors (Lipinski definition) is 1. The lowest BCUT2D eigenvalue weighted by molar-refractivity contribution is -0.119. The zero-order chi connectivity index (χ0) is 33.7. The predicted octanol–water partition coefficient (Wildman–Crippen LogP) is 12.1. The first-order valence-electron chi connectivity index (χ1n) is 17.1. The average Bonchev–Trinajstić information content (AvgIpc) is 3.04. The van der Waals surface area contributed by atoms with Gasteiger partial charge in [-0.1, -0.05) is 86.8 Å². The lowest BCUT2D eigenvalue weighted by Crippen LogP contribution is -2.27. The fraction of sp³-hybridized carbons (Fsp3) is 0.311. The molecule has 0 aromatic heterocycles. The molecule has 5 aromatic carbocycles. The molecule has 47 heavy (non-hydrogen) atoms. The van der Waals surface area contributed by atoms with Crippen molar-refractivity contribution in [3.63, 3.8) is 0 Å². The van der Waals surface area contributed by atoms with Crippen LogP contribution in [0.4, 0.5) is 0 Å². The summed E-state index contributed by atoms with van der Waals surface area (Å²) in [6.45, 7) is 22.7. The molecule has 2 atom stereocenters.